The predicted molar refractivity (Wildman–Crippen MR) is 85.9 cm³/mol. The molecular formula is C15H21N3O3S. The molecule has 0 saturated heterocycles. The van der Waals surface area contributed by atoms with E-state index in [-0.39, 0.29) is 5.92 Å². The Bertz CT molecular complexity index is 616. The second-order valence-corrected chi connectivity index (χ2v) is 7.23. The Morgan fingerprint density at radius 2 is 2.05 bits per heavy atom. The van der Waals surface area contributed by atoms with Gasteiger partial charge in [-0.05, 0) is 18.1 Å². The highest BCUT2D eigenvalue weighted by Gasteiger charge is 2.25. The summed E-state index contributed by atoms with van der Waals surface area (Å²) < 4.78 is 7.00. The number of carbonyl (C=O) groups is 1. The van der Waals surface area contributed by atoms with Crippen molar-refractivity contribution in [2.45, 2.75) is 30.5 Å². The minimum absolute atomic E-state index is 0.0647. The molecule has 0 fully saturated rings. The summed E-state index contributed by atoms with van der Waals surface area (Å²) in [5.74, 6) is -0.353. The summed E-state index contributed by atoms with van der Waals surface area (Å²) >= 11 is -0.830. The maximum Gasteiger partial charge on any atom is 0.328 e. The molecule has 2 aromatic rings. The number of benzene rings is 1. The maximum atomic E-state index is 11.3. The van der Waals surface area contributed by atoms with Crippen molar-refractivity contribution in [1.82, 2.24) is 15.0 Å². The van der Waals surface area contributed by atoms with Crippen molar-refractivity contribution in [3.05, 3.63) is 42.2 Å². The fraction of sp³-hybridized carbons (Fsp3) is 0.400. The Balaban J connectivity index is 2.16. The van der Waals surface area contributed by atoms with E-state index in [1.807, 2.05) is 44.2 Å². The molecule has 0 aliphatic heterocycles. The van der Waals surface area contributed by atoms with Crippen molar-refractivity contribution in [3.8, 4) is 0 Å². The maximum absolute atomic E-state index is 11.3. The lowest BCUT2D eigenvalue weighted by Crippen LogP contribution is -2.24. The number of hydrogen-bond donors (Lipinski definition) is 2. The quantitative estimate of drug-likeness (QED) is 0.766. The zero-order chi connectivity index (χ0) is 16.1. The highest BCUT2D eigenvalue weighted by Crippen LogP contribution is 2.39. The summed E-state index contributed by atoms with van der Waals surface area (Å²) in [5.41, 5.74) is 0.740. The lowest BCUT2D eigenvalue weighted by molar-refractivity contribution is -0.142. The molecular weight excluding hydrogens is 302 g/mol. The molecule has 6 nitrogen and oxygen atoms in total. The topological polar surface area (TPSA) is 77.2 Å². The van der Waals surface area contributed by atoms with Crippen LogP contribution in [0.2, 0.25) is 0 Å². The lowest BCUT2D eigenvalue weighted by atomic mass is 10.1. The van der Waals surface area contributed by atoms with E-state index in [4.69, 9.17) is 4.18 Å². The van der Waals surface area contributed by atoms with E-state index in [2.05, 4.69) is 10.3 Å². The lowest BCUT2D eigenvalue weighted by Gasteiger charge is -2.18. The van der Waals surface area contributed by atoms with Crippen molar-refractivity contribution in [3.63, 3.8) is 0 Å². The van der Waals surface area contributed by atoms with Crippen molar-refractivity contribution < 1.29 is 14.1 Å². The van der Waals surface area contributed by atoms with E-state index in [0.29, 0.717) is 5.75 Å². The molecule has 22 heavy (non-hydrogen) atoms. The number of thiol groups is 1. The Morgan fingerprint density at radius 1 is 1.36 bits per heavy atom. The van der Waals surface area contributed by atoms with Crippen LogP contribution in [0.3, 0.4) is 0 Å². The van der Waals surface area contributed by atoms with Crippen LogP contribution in [0.1, 0.15) is 25.6 Å². The molecule has 0 aliphatic rings. The Kier molecular flexibility index (Phi) is 5.57. The third-order valence-corrected chi connectivity index (χ3v) is 5.22. The Hall–Kier alpha value is -1.86. The fourth-order valence-corrected chi connectivity index (χ4v) is 3.69. The molecule has 0 amide bonds. The van der Waals surface area contributed by atoms with Gasteiger partial charge in [-0.3, -0.25) is 0 Å². The summed E-state index contributed by atoms with van der Waals surface area (Å²) in [7, 11) is 1.68. The van der Waals surface area contributed by atoms with Gasteiger partial charge in [0, 0.05) is 17.8 Å². The van der Waals surface area contributed by atoms with Crippen LogP contribution < -0.4 is 0 Å². The molecule has 0 saturated carbocycles. The molecule has 0 radical (unpaired) electrons. The number of carboxylic acids is 1. The van der Waals surface area contributed by atoms with Crippen LogP contribution in [-0.2, 0) is 14.7 Å². The first-order valence-electron chi connectivity index (χ1n) is 7.03. The first-order valence-corrected chi connectivity index (χ1v) is 8.47. The van der Waals surface area contributed by atoms with Gasteiger partial charge in [0.2, 0.25) is 0 Å². The highest BCUT2D eigenvalue weighted by atomic mass is 32.2. The second kappa shape index (κ2) is 7.42. The number of nitrogens with zero attached hydrogens (tertiary/aromatic N) is 3. The molecule has 0 bridgehead atoms. The third-order valence-electron chi connectivity index (χ3n) is 3.30. The predicted octanol–water partition coefficient (Wildman–Crippen LogP) is 2.68. The van der Waals surface area contributed by atoms with E-state index in [1.165, 1.54) is 4.68 Å². The fourth-order valence-electron chi connectivity index (χ4n) is 2.23. The van der Waals surface area contributed by atoms with Crippen LogP contribution in [0.5, 0.6) is 0 Å². The molecule has 120 valence electrons. The molecule has 0 spiro atoms. The zero-order valence-corrected chi connectivity index (χ0v) is 13.8. The molecule has 2 atom stereocenters. The number of aliphatic carboxylic acids is 1. The van der Waals surface area contributed by atoms with Crippen LogP contribution in [0.4, 0.5) is 0 Å². The van der Waals surface area contributed by atoms with Crippen LogP contribution >= 0.6 is 11.2 Å². The largest absolute Gasteiger partial charge is 0.480 e. The highest BCUT2D eigenvalue weighted by molar-refractivity contribution is 8.12. The smallest absolute Gasteiger partial charge is 0.328 e. The molecule has 1 heterocycles. The van der Waals surface area contributed by atoms with Crippen molar-refractivity contribution in [1.29, 1.82) is 0 Å². The third kappa shape index (κ3) is 3.86. The van der Waals surface area contributed by atoms with Gasteiger partial charge < -0.3 is 9.29 Å². The van der Waals surface area contributed by atoms with Crippen molar-refractivity contribution >= 4 is 17.1 Å². The van der Waals surface area contributed by atoms with Gasteiger partial charge in [0.25, 0.3) is 0 Å². The standard InChI is InChI=1S/C15H21N3O3S/c1-11(2)14(15(19)20)18-9-12(16-17-18)10-22(21-3)13-7-5-4-6-8-13/h4-9,11,14,22H,10H2,1-3H3,(H,19,20)/t14-/m0/s1. The van der Waals surface area contributed by atoms with Crippen molar-refractivity contribution in [2.24, 2.45) is 5.92 Å². The van der Waals surface area contributed by atoms with E-state index >= 15 is 0 Å². The molecule has 1 aromatic carbocycles. The van der Waals surface area contributed by atoms with E-state index in [0.717, 1.165) is 10.6 Å². The van der Waals surface area contributed by atoms with E-state index in [9.17, 15) is 9.90 Å². The first kappa shape index (κ1) is 16.5. The molecule has 2 rings (SSSR count). The van der Waals surface area contributed by atoms with Crippen LogP contribution in [0, 0.1) is 5.92 Å². The minimum atomic E-state index is -0.900. The van der Waals surface area contributed by atoms with Crippen LogP contribution in [-0.4, -0.2) is 33.2 Å². The minimum Gasteiger partial charge on any atom is -0.480 e. The van der Waals surface area contributed by atoms with Gasteiger partial charge in [-0.2, -0.15) is 0 Å². The van der Waals surface area contributed by atoms with Gasteiger partial charge in [0.1, 0.15) is 0 Å². The Morgan fingerprint density at radius 3 is 2.59 bits per heavy atom. The van der Waals surface area contributed by atoms with Crippen LogP contribution in [0.25, 0.3) is 0 Å². The average molecular weight is 323 g/mol. The Labute approximate surface area is 132 Å². The van der Waals surface area contributed by atoms with Gasteiger partial charge in [-0.15, -0.1) is 16.3 Å². The summed E-state index contributed by atoms with van der Waals surface area (Å²) in [6, 6.07) is 9.25. The number of carboxylic acid groups (broad SMARTS) is 1. The average Bonchev–Trinajstić information content (AvgIpc) is 2.93. The van der Waals surface area contributed by atoms with Gasteiger partial charge in [0.05, 0.1) is 11.9 Å². The number of rotatable bonds is 7. The van der Waals surface area contributed by atoms with Crippen molar-refractivity contribution in [2.75, 3.05) is 7.11 Å². The van der Waals surface area contributed by atoms with Gasteiger partial charge in [-0.25, -0.2) is 9.48 Å². The summed E-state index contributed by atoms with van der Waals surface area (Å²) in [4.78, 5) is 12.5. The molecule has 1 unspecified atom stereocenters. The molecule has 7 heteroatoms. The van der Waals surface area contributed by atoms with Gasteiger partial charge in [0.15, 0.2) is 6.04 Å². The summed E-state index contributed by atoms with van der Waals surface area (Å²) in [5, 5.41) is 17.4. The number of hydrogen-bond acceptors (Lipinski definition) is 4. The zero-order valence-electron chi connectivity index (χ0n) is 12.9. The SMILES string of the molecule is CO[SH](Cc1cn([C@H](C(=O)O)C(C)C)nn1)c1ccccc1. The first-order chi connectivity index (χ1) is 10.5. The summed E-state index contributed by atoms with van der Waals surface area (Å²) in [6.45, 7) is 3.71. The second-order valence-electron chi connectivity index (χ2n) is 5.27. The van der Waals surface area contributed by atoms with E-state index in [1.54, 1.807) is 13.3 Å². The van der Waals surface area contributed by atoms with E-state index < -0.39 is 23.2 Å². The monoisotopic (exact) mass is 323 g/mol. The molecule has 1 aromatic heterocycles. The molecule has 0 aliphatic carbocycles. The molecule has 1 N–H and O–H groups in total. The normalized spacial score (nSPS) is 14.8. The van der Waals surface area contributed by atoms with Gasteiger partial charge >= 0.3 is 5.97 Å². The number of aromatic nitrogens is 3. The van der Waals surface area contributed by atoms with Gasteiger partial charge in [-0.1, -0.05) is 37.3 Å². The van der Waals surface area contributed by atoms with Crippen LogP contribution in [0.15, 0.2) is 41.4 Å². The summed E-state index contributed by atoms with van der Waals surface area (Å²) in [6.07, 6.45) is 1.70.